The Morgan fingerprint density at radius 3 is 2.47 bits per heavy atom. The molecule has 0 aliphatic rings. The summed E-state index contributed by atoms with van der Waals surface area (Å²) in [7, 11) is 0. The van der Waals surface area contributed by atoms with Crippen molar-refractivity contribution < 1.29 is 14.0 Å². The van der Waals surface area contributed by atoms with Gasteiger partial charge in [-0.05, 0) is 61.6 Å². The molecule has 0 saturated heterocycles. The molecule has 0 fully saturated rings. The number of hydrogen-bond acceptors (Lipinski definition) is 2. The minimum atomic E-state index is -0.397. The molecule has 104 valence electrons. The fraction of sp³-hybridized carbons (Fsp3) is 0.385. The van der Waals surface area contributed by atoms with E-state index < -0.39 is 11.7 Å². The molecule has 0 radical (unpaired) electrons. The van der Waals surface area contributed by atoms with Gasteiger partial charge in [-0.25, -0.2) is 4.39 Å². The number of amides is 2. The molecule has 0 atom stereocenters. The summed E-state index contributed by atoms with van der Waals surface area (Å²) in [5, 5.41) is 5.24. The number of rotatable bonds is 3. The third kappa shape index (κ3) is 5.54. The fourth-order valence-corrected chi connectivity index (χ4v) is 2.11. The predicted molar refractivity (Wildman–Crippen MR) is 79.3 cm³/mol. The normalized spacial score (nSPS) is 11.0. The van der Waals surface area contributed by atoms with Gasteiger partial charge in [0.05, 0.1) is 12.1 Å². The molecule has 19 heavy (non-hydrogen) atoms. The van der Waals surface area contributed by atoms with Crippen LogP contribution in [0.15, 0.2) is 18.2 Å². The third-order valence-corrected chi connectivity index (χ3v) is 2.99. The van der Waals surface area contributed by atoms with E-state index in [9.17, 15) is 14.0 Å². The molecule has 6 heteroatoms. The highest BCUT2D eigenvalue weighted by atomic mass is 127. The van der Waals surface area contributed by atoms with Gasteiger partial charge in [0.15, 0.2) is 0 Å². The first-order chi connectivity index (χ1) is 8.69. The molecular formula is C13H16FIN2O2. The van der Waals surface area contributed by atoms with Crippen LogP contribution in [-0.2, 0) is 4.79 Å². The van der Waals surface area contributed by atoms with E-state index in [1.807, 2.05) is 43.4 Å². The zero-order chi connectivity index (χ0) is 14.6. The predicted octanol–water partition coefficient (Wildman–Crippen LogP) is 2.07. The lowest BCUT2D eigenvalue weighted by atomic mass is 10.1. The Labute approximate surface area is 125 Å². The summed E-state index contributed by atoms with van der Waals surface area (Å²) in [6, 6.07) is 3.88. The molecular weight excluding hydrogens is 362 g/mol. The van der Waals surface area contributed by atoms with Gasteiger partial charge < -0.3 is 10.6 Å². The Bertz CT molecular complexity index is 498. The van der Waals surface area contributed by atoms with Gasteiger partial charge in [0.1, 0.15) is 5.82 Å². The van der Waals surface area contributed by atoms with Crippen LogP contribution in [0.25, 0.3) is 0 Å². The van der Waals surface area contributed by atoms with E-state index in [0.717, 1.165) is 0 Å². The lowest BCUT2D eigenvalue weighted by Crippen LogP contribution is -2.45. The first-order valence-electron chi connectivity index (χ1n) is 5.73. The fourth-order valence-electron chi connectivity index (χ4n) is 1.39. The average molecular weight is 378 g/mol. The van der Waals surface area contributed by atoms with E-state index in [4.69, 9.17) is 0 Å². The highest BCUT2D eigenvalue weighted by Crippen LogP contribution is 2.13. The second kappa shape index (κ2) is 6.31. The first-order valence-corrected chi connectivity index (χ1v) is 6.81. The molecule has 0 saturated carbocycles. The number of benzene rings is 1. The zero-order valence-electron chi connectivity index (χ0n) is 11.0. The van der Waals surface area contributed by atoms with E-state index in [2.05, 4.69) is 10.6 Å². The average Bonchev–Trinajstić information content (AvgIpc) is 2.23. The maximum Gasteiger partial charge on any atom is 0.252 e. The van der Waals surface area contributed by atoms with E-state index in [-0.39, 0.29) is 18.0 Å². The van der Waals surface area contributed by atoms with Gasteiger partial charge in [-0.1, -0.05) is 0 Å². The summed E-state index contributed by atoms with van der Waals surface area (Å²) < 4.78 is 13.4. The van der Waals surface area contributed by atoms with Gasteiger partial charge in [0, 0.05) is 9.11 Å². The van der Waals surface area contributed by atoms with Crippen molar-refractivity contribution in [2.75, 3.05) is 6.54 Å². The summed E-state index contributed by atoms with van der Waals surface area (Å²) in [5.74, 6) is -1.06. The van der Waals surface area contributed by atoms with Crippen molar-refractivity contribution in [3.05, 3.63) is 33.1 Å². The summed E-state index contributed by atoms with van der Waals surface area (Å²) in [6.07, 6.45) is 0. The van der Waals surface area contributed by atoms with Crippen molar-refractivity contribution in [3.8, 4) is 0 Å². The minimum absolute atomic E-state index is 0.108. The van der Waals surface area contributed by atoms with Crippen molar-refractivity contribution in [1.82, 2.24) is 10.6 Å². The van der Waals surface area contributed by atoms with Crippen molar-refractivity contribution >= 4 is 34.4 Å². The first kappa shape index (κ1) is 15.9. The van der Waals surface area contributed by atoms with Gasteiger partial charge >= 0.3 is 0 Å². The Balaban J connectivity index is 2.59. The second-order valence-corrected chi connectivity index (χ2v) is 6.27. The smallest absolute Gasteiger partial charge is 0.252 e. The highest BCUT2D eigenvalue weighted by Gasteiger charge is 2.15. The monoisotopic (exact) mass is 378 g/mol. The molecule has 0 heterocycles. The molecule has 1 rings (SSSR count). The Hall–Kier alpha value is -1.18. The number of carbonyl (C=O) groups is 2. The molecule has 0 aliphatic heterocycles. The standard InChI is InChI=1S/C13H16FIN2O2/c1-13(2,3)17-11(18)7-16-12(19)9-5-4-8(14)6-10(9)15/h4-6H,7H2,1-3H3,(H,16,19)(H,17,18). The van der Waals surface area contributed by atoms with Gasteiger partial charge in [-0.15, -0.1) is 0 Å². The molecule has 0 bridgehead atoms. The number of nitrogens with one attached hydrogen (secondary N) is 2. The van der Waals surface area contributed by atoms with Crippen LogP contribution >= 0.6 is 22.6 Å². The third-order valence-electron chi connectivity index (χ3n) is 2.10. The molecule has 1 aromatic rings. The summed E-state index contributed by atoms with van der Waals surface area (Å²) in [6.45, 7) is 5.46. The van der Waals surface area contributed by atoms with Gasteiger partial charge in [0.2, 0.25) is 5.91 Å². The molecule has 1 aromatic carbocycles. The lowest BCUT2D eigenvalue weighted by molar-refractivity contribution is -0.121. The van der Waals surface area contributed by atoms with Crippen molar-refractivity contribution in [3.63, 3.8) is 0 Å². The second-order valence-electron chi connectivity index (χ2n) is 5.11. The largest absolute Gasteiger partial charge is 0.350 e. The highest BCUT2D eigenvalue weighted by molar-refractivity contribution is 14.1. The Morgan fingerprint density at radius 1 is 1.32 bits per heavy atom. The van der Waals surface area contributed by atoms with Gasteiger partial charge in [0.25, 0.3) is 5.91 Å². The SMILES string of the molecule is CC(C)(C)NC(=O)CNC(=O)c1ccc(F)cc1I. The quantitative estimate of drug-likeness (QED) is 0.792. The molecule has 0 unspecified atom stereocenters. The van der Waals surface area contributed by atoms with Crippen LogP contribution in [0.4, 0.5) is 4.39 Å². The van der Waals surface area contributed by atoms with Crippen LogP contribution in [-0.4, -0.2) is 23.9 Å². The number of hydrogen-bond donors (Lipinski definition) is 2. The molecule has 2 N–H and O–H groups in total. The van der Waals surface area contributed by atoms with E-state index in [0.29, 0.717) is 9.13 Å². The summed E-state index contributed by atoms with van der Waals surface area (Å²) in [4.78, 5) is 23.4. The molecule has 4 nitrogen and oxygen atoms in total. The summed E-state index contributed by atoms with van der Waals surface area (Å²) >= 11 is 1.88. The zero-order valence-corrected chi connectivity index (χ0v) is 13.2. The van der Waals surface area contributed by atoms with Crippen molar-refractivity contribution in [2.45, 2.75) is 26.3 Å². The van der Waals surface area contributed by atoms with E-state index in [1.165, 1.54) is 18.2 Å². The van der Waals surface area contributed by atoms with Crippen molar-refractivity contribution in [1.29, 1.82) is 0 Å². The lowest BCUT2D eigenvalue weighted by Gasteiger charge is -2.20. The molecule has 2 amide bonds. The van der Waals surface area contributed by atoms with Crippen molar-refractivity contribution in [2.24, 2.45) is 0 Å². The topological polar surface area (TPSA) is 58.2 Å². The van der Waals surface area contributed by atoms with Crippen LogP contribution in [0.5, 0.6) is 0 Å². The van der Waals surface area contributed by atoms with E-state index >= 15 is 0 Å². The Kier molecular flexibility index (Phi) is 5.28. The van der Waals surface area contributed by atoms with Crippen LogP contribution in [0, 0.1) is 9.39 Å². The molecule has 0 aromatic heterocycles. The van der Waals surface area contributed by atoms with Gasteiger partial charge in [-0.3, -0.25) is 9.59 Å². The number of carbonyl (C=O) groups excluding carboxylic acids is 2. The van der Waals surface area contributed by atoms with Gasteiger partial charge in [-0.2, -0.15) is 0 Å². The maximum absolute atomic E-state index is 12.9. The maximum atomic E-state index is 12.9. The van der Waals surface area contributed by atoms with Crippen LogP contribution < -0.4 is 10.6 Å². The van der Waals surface area contributed by atoms with Crippen LogP contribution in [0.1, 0.15) is 31.1 Å². The summed E-state index contributed by atoms with van der Waals surface area (Å²) in [5.41, 5.74) is 0.0112. The van der Waals surface area contributed by atoms with E-state index in [1.54, 1.807) is 0 Å². The molecule has 0 aliphatic carbocycles. The van der Waals surface area contributed by atoms with Crippen LogP contribution in [0.3, 0.4) is 0 Å². The number of halogens is 2. The minimum Gasteiger partial charge on any atom is -0.350 e. The molecule has 0 spiro atoms. The van der Waals surface area contributed by atoms with Crippen LogP contribution in [0.2, 0.25) is 0 Å². The Morgan fingerprint density at radius 2 is 1.95 bits per heavy atom.